The van der Waals surface area contributed by atoms with Crippen molar-refractivity contribution in [1.29, 1.82) is 0 Å². The molecular weight excluding hydrogens is 264 g/mol. The number of carbonyl (C=O) groups is 1. The van der Waals surface area contributed by atoms with Gasteiger partial charge in [0.2, 0.25) is 5.91 Å². The van der Waals surface area contributed by atoms with E-state index in [-0.39, 0.29) is 11.9 Å². The summed E-state index contributed by atoms with van der Waals surface area (Å²) in [7, 11) is 0. The Morgan fingerprint density at radius 3 is 2.90 bits per heavy atom. The van der Waals surface area contributed by atoms with E-state index in [1.54, 1.807) is 6.20 Å². The van der Waals surface area contributed by atoms with Gasteiger partial charge >= 0.3 is 0 Å². The van der Waals surface area contributed by atoms with E-state index in [1.165, 1.54) is 25.7 Å². The number of aromatic amines is 1. The Hall–Kier alpha value is -1.88. The summed E-state index contributed by atoms with van der Waals surface area (Å²) >= 11 is 0. The topological polar surface area (TPSA) is 61.0 Å². The van der Waals surface area contributed by atoms with Crippen LogP contribution >= 0.6 is 0 Å². The average molecular weight is 284 g/mol. The Balaban J connectivity index is 1.57. The Morgan fingerprint density at radius 1 is 1.33 bits per heavy atom. The number of likely N-dealkylation sites (tertiary alicyclic amines) is 1. The molecule has 1 amide bonds. The molecular formula is C16H20N4O. The van der Waals surface area contributed by atoms with Gasteiger partial charge in [-0.15, -0.1) is 0 Å². The van der Waals surface area contributed by atoms with Crippen LogP contribution in [-0.2, 0) is 4.79 Å². The fraction of sp³-hybridized carbons (Fsp3) is 0.500. The molecule has 1 aliphatic heterocycles. The molecule has 1 unspecified atom stereocenters. The number of nitrogens with one attached hydrogen (secondary N) is 2. The van der Waals surface area contributed by atoms with Crippen LogP contribution in [0.1, 0.15) is 25.7 Å². The number of para-hydroxylation sites is 1. The second kappa shape index (κ2) is 5.15. The summed E-state index contributed by atoms with van der Waals surface area (Å²) in [6, 6.07) is 5.93. The van der Waals surface area contributed by atoms with Gasteiger partial charge in [0.1, 0.15) is 0 Å². The molecule has 110 valence electrons. The Kier molecular flexibility index (Phi) is 3.15. The lowest BCUT2D eigenvalue weighted by atomic mass is 10.1. The molecule has 0 bridgehead atoms. The molecule has 0 radical (unpaired) electrons. The molecule has 2 N–H and O–H groups in total. The second-order valence-corrected chi connectivity index (χ2v) is 6.15. The minimum Gasteiger partial charge on any atom is -0.323 e. The standard InChI is InChI=1S/C16H20N4O/c21-16(15(11-6-7-11)20-8-1-2-9-20)18-13-5-3-4-12-10-17-19-14(12)13/h3-5,10-11,15H,1-2,6-9H2,(H,17,19)(H,18,21). The van der Waals surface area contributed by atoms with Crippen LogP contribution in [0.3, 0.4) is 0 Å². The maximum absolute atomic E-state index is 12.8. The fourth-order valence-electron chi connectivity index (χ4n) is 3.39. The third-order valence-corrected chi connectivity index (χ3v) is 4.61. The highest BCUT2D eigenvalue weighted by molar-refractivity contribution is 6.02. The third kappa shape index (κ3) is 2.42. The van der Waals surface area contributed by atoms with Crippen LogP contribution in [0.15, 0.2) is 24.4 Å². The van der Waals surface area contributed by atoms with Crippen molar-refractivity contribution in [2.45, 2.75) is 31.7 Å². The van der Waals surface area contributed by atoms with E-state index >= 15 is 0 Å². The van der Waals surface area contributed by atoms with Crippen molar-refractivity contribution >= 4 is 22.5 Å². The van der Waals surface area contributed by atoms with Crippen molar-refractivity contribution in [3.63, 3.8) is 0 Å². The molecule has 5 nitrogen and oxygen atoms in total. The normalized spacial score (nSPS) is 20.8. The van der Waals surface area contributed by atoms with Crippen molar-refractivity contribution in [2.75, 3.05) is 18.4 Å². The van der Waals surface area contributed by atoms with Crippen molar-refractivity contribution in [3.05, 3.63) is 24.4 Å². The van der Waals surface area contributed by atoms with Gasteiger partial charge in [-0.3, -0.25) is 14.8 Å². The molecule has 2 fully saturated rings. The smallest absolute Gasteiger partial charge is 0.242 e. The highest BCUT2D eigenvalue weighted by Crippen LogP contribution is 2.37. The third-order valence-electron chi connectivity index (χ3n) is 4.61. The zero-order valence-electron chi connectivity index (χ0n) is 12.0. The maximum atomic E-state index is 12.8. The van der Waals surface area contributed by atoms with Crippen LogP contribution in [0, 0.1) is 5.92 Å². The molecule has 1 saturated carbocycles. The van der Waals surface area contributed by atoms with Crippen LogP contribution in [0.2, 0.25) is 0 Å². The summed E-state index contributed by atoms with van der Waals surface area (Å²) < 4.78 is 0. The van der Waals surface area contributed by atoms with Gasteiger partial charge in [0.05, 0.1) is 23.4 Å². The number of amides is 1. The summed E-state index contributed by atoms with van der Waals surface area (Å²) in [6.45, 7) is 2.12. The van der Waals surface area contributed by atoms with E-state index in [0.29, 0.717) is 5.92 Å². The van der Waals surface area contributed by atoms with Crippen molar-refractivity contribution in [3.8, 4) is 0 Å². The molecule has 2 aliphatic rings. The molecule has 2 heterocycles. The van der Waals surface area contributed by atoms with Crippen molar-refractivity contribution in [1.82, 2.24) is 15.1 Å². The quantitative estimate of drug-likeness (QED) is 0.906. The molecule has 0 spiro atoms. The number of nitrogens with zero attached hydrogens (tertiary/aromatic N) is 2. The molecule has 1 aliphatic carbocycles. The Morgan fingerprint density at radius 2 is 2.14 bits per heavy atom. The summed E-state index contributed by atoms with van der Waals surface area (Å²) in [4.78, 5) is 15.1. The number of carbonyl (C=O) groups excluding carboxylic acids is 1. The zero-order chi connectivity index (χ0) is 14.2. The summed E-state index contributed by atoms with van der Waals surface area (Å²) in [5.74, 6) is 0.686. The minimum absolute atomic E-state index is 0.0469. The van der Waals surface area contributed by atoms with Gasteiger partial charge in [-0.1, -0.05) is 12.1 Å². The lowest BCUT2D eigenvalue weighted by Crippen LogP contribution is -2.44. The van der Waals surface area contributed by atoms with E-state index in [1.807, 2.05) is 18.2 Å². The monoisotopic (exact) mass is 284 g/mol. The molecule has 1 aromatic carbocycles. The first-order chi connectivity index (χ1) is 10.3. The maximum Gasteiger partial charge on any atom is 0.242 e. The first-order valence-electron chi connectivity index (χ1n) is 7.80. The number of H-pyrrole nitrogens is 1. The largest absolute Gasteiger partial charge is 0.323 e. The van der Waals surface area contributed by atoms with E-state index in [2.05, 4.69) is 20.4 Å². The van der Waals surface area contributed by atoms with Crippen LogP contribution in [-0.4, -0.2) is 40.1 Å². The number of hydrogen-bond acceptors (Lipinski definition) is 3. The van der Waals surface area contributed by atoms with Crippen LogP contribution in [0.4, 0.5) is 5.69 Å². The first kappa shape index (κ1) is 12.8. The van der Waals surface area contributed by atoms with E-state index < -0.39 is 0 Å². The molecule has 1 atom stereocenters. The summed E-state index contributed by atoms with van der Waals surface area (Å²) in [6.07, 6.45) is 6.58. The SMILES string of the molecule is O=C(Nc1cccc2cn[nH]c12)C(C1CC1)N1CCCC1. The van der Waals surface area contributed by atoms with E-state index in [4.69, 9.17) is 0 Å². The van der Waals surface area contributed by atoms with E-state index in [9.17, 15) is 4.79 Å². The second-order valence-electron chi connectivity index (χ2n) is 6.15. The van der Waals surface area contributed by atoms with Gasteiger partial charge in [0.15, 0.2) is 0 Å². The summed E-state index contributed by atoms with van der Waals surface area (Å²) in [5.41, 5.74) is 1.74. The number of anilines is 1. The zero-order valence-corrected chi connectivity index (χ0v) is 12.0. The van der Waals surface area contributed by atoms with Crippen molar-refractivity contribution in [2.24, 2.45) is 5.92 Å². The predicted octanol–water partition coefficient (Wildman–Crippen LogP) is 2.38. The number of rotatable bonds is 4. The number of aromatic nitrogens is 2. The summed E-state index contributed by atoms with van der Waals surface area (Å²) in [5, 5.41) is 11.2. The lowest BCUT2D eigenvalue weighted by molar-refractivity contribution is -0.121. The minimum atomic E-state index is 0.0469. The predicted molar refractivity (Wildman–Crippen MR) is 82.0 cm³/mol. The van der Waals surface area contributed by atoms with Crippen LogP contribution < -0.4 is 5.32 Å². The molecule has 2 aromatic rings. The molecule has 5 heteroatoms. The van der Waals surface area contributed by atoms with Crippen LogP contribution in [0.5, 0.6) is 0 Å². The average Bonchev–Trinajstić information content (AvgIpc) is 2.99. The number of fused-ring (bicyclic) bond motifs is 1. The van der Waals surface area contributed by atoms with Gasteiger partial charge in [0.25, 0.3) is 0 Å². The number of benzene rings is 1. The van der Waals surface area contributed by atoms with Gasteiger partial charge in [-0.25, -0.2) is 0 Å². The van der Waals surface area contributed by atoms with E-state index in [0.717, 1.165) is 29.7 Å². The van der Waals surface area contributed by atoms with Gasteiger partial charge in [0, 0.05) is 5.39 Å². The first-order valence-corrected chi connectivity index (χ1v) is 7.80. The Bertz CT molecular complexity index is 655. The lowest BCUT2D eigenvalue weighted by Gasteiger charge is -2.26. The highest BCUT2D eigenvalue weighted by atomic mass is 16.2. The highest BCUT2D eigenvalue weighted by Gasteiger charge is 2.40. The Labute approximate surface area is 123 Å². The van der Waals surface area contributed by atoms with Gasteiger partial charge < -0.3 is 5.32 Å². The molecule has 21 heavy (non-hydrogen) atoms. The number of hydrogen-bond donors (Lipinski definition) is 2. The molecule has 4 rings (SSSR count). The fourth-order valence-corrected chi connectivity index (χ4v) is 3.39. The molecule has 1 aromatic heterocycles. The van der Waals surface area contributed by atoms with Crippen LogP contribution in [0.25, 0.3) is 10.9 Å². The van der Waals surface area contributed by atoms with Crippen molar-refractivity contribution < 1.29 is 4.79 Å². The van der Waals surface area contributed by atoms with Gasteiger partial charge in [-0.05, 0) is 50.8 Å². The van der Waals surface area contributed by atoms with Gasteiger partial charge in [-0.2, -0.15) is 5.10 Å². The molecule has 1 saturated heterocycles.